The molecule has 0 radical (unpaired) electrons. The number of nitrogens with zero attached hydrogens (tertiary/aromatic N) is 1. The van der Waals surface area contributed by atoms with Crippen LogP contribution in [0.4, 0.5) is 5.69 Å². The largest absolute Gasteiger partial charge is 0.469 e. The molecule has 1 aromatic carbocycles. The van der Waals surface area contributed by atoms with Crippen LogP contribution < -0.4 is 5.73 Å². The fourth-order valence-corrected chi connectivity index (χ4v) is 2.07. The molecule has 106 valence electrons. The number of amides is 1. The van der Waals surface area contributed by atoms with E-state index >= 15 is 0 Å². The van der Waals surface area contributed by atoms with Gasteiger partial charge in [-0.1, -0.05) is 12.1 Å². The summed E-state index contributed by atoms with van der Waals surface area (Å²) in [5.41, 5.74) is 8.08. The van der Waals surface area contributed by atoms with Gasteiger partial charge in [0.2, 0.25) is 0 Å². The van der Waals surface area contributed by atoms with Crippen molar-refractivity contribution >= 4 is 11.6 Å². The van der Waals surface area contributed by atoms with Crippen LogP contribution in [0.5, 0.6) is 0 Å². The standard InChI is InChI=1S/C16H20N2O2/c1-11(2)18(10-13-4-6-14(17)7-5-13)16(19)15-8-9-20-12(15)3/h4-9,11H,10,17H2,1-3H3. The molecule has 0 saturated carbocycles. The summed E-state index contributed by atoms with van der Waals surface area (Å²) in [5, 5.41) is 0. The SMILES string of the molecule is Cc1occc1C(=O)N(Cc1ccc(N)cc1)C(C)C. The van der Waals surface area contributed by atoms with Crippen molar-refractivity contribution in [2.45, 2.75) is 33.4 Å². The summed E-state index contributed by atoms with van der Waals surface area (Å²) in [6.07, 6.45) is 1.55. The first kappa shape index (κ1) is 14.2. The highest BCUT2D eigenvalue weighted by Crippen LogP contribution is 2.17. The molecule has 1 aromatic heterocycles. The number of nitrogens with two attached hydrogens (primary N) is 1. The quantitative estimate of drug-likeness (QED) is 0.869. The zero-order valence-corrected chi connectivity index (χ0v) is 12.1. The van der Waals surface area contributed by atoms with Crippen molar-refractivity contribution in [3.05, 3.63) is 53.5 Å². The fourth-order valence-electron chi connectivity index (χ4n) is 2.07. The van der Waals surface area contributed by atoms with Crippen molar-refractivity contribution < 1.29 is 9.21 Å². The van der Waals surface area contributed by atoms with Gasteiger partial charge in [-0.3, -0.25) is 4.79 Å². The first-order chi connectivity index (χ1) is 9.49. The van der Waals surface area contributed by atoms with Gasteiger partial charge in [0.25, 0.3) is 5.91 Å². The van der Waals surface area contributed by atoms with Gasteiger partial charge in [-0.05, 0) is 44.5 Å². The lowest BCUT2D eigenvalue weighted by Crippen LogP contribution is -2.36. The Kier molecular flexibility index (Phi) is 4.13. The molecule has 0 aliphatic carbocycles. The number of furan rings is 1. The Morgan fingerprint density at radius 3 is 2.40 bits per heavy atom. The van der Waals surface area contributed by atoms with Gasteiger partial charge in [-0.15, -0.1) is 0 Å². The van der Waals surface area contributed by atoms with E-state index in [0.717, 1.165) is 11.3 Å². The van der Waals surface area contributed by atoms with Crippen LogP contribution in [-0.2, 0) is 6.54 Å². The van der Waals surface area contributed by atoms with Crippen LogP contribution >= 0.6 is 0 Å². The molecule has 2 rings (SSSR count). The van der Waals surface area contributed by atoms with Crippen molar-refractivity contribution in [3.63, 3.8) is 0 Å². The highest BCUT2D eigenvalue weighted by atomic mass is 16.3. The summed E-state index contributed by atoms with van der Waals surface area (Å²) in [6.45, 7) is 6.37. The van der Waals surface area contributed by atoms with Gasteiger partial charge in [-0.25, -0.2) is 0 Å². The molecule has 0 aliphatic heterocycles. The molecular formula is C16H20N2O2. The number of hydrogen-bond acceptors (Lipinski definition) is 3. The van der Waals surface area contributed by atoms with Gasteiger partial charge in [0.15, 0.2) is 0 Å². The van der Waals surface area contributed by atoms with Crippen LogP contribution in [0.1, 0.15) is 35.5 Å². The van der Waals surface area contributed by atoms with E-state index in [-0.39, 0.29) is 11.9 Å². The monoisotopic (exact) mass is 272 g/mol. The van der Waals surface area contributed by atoms with Crippen LogP contribution in [-0.4, -0.2) is 16.8 Å². The summed E-state index contributed by atoms with van der Waals surface area (Å²) in [6, 6.07) is 9.41. The third-order valence-electron chi connectivity index (χ3n) is 3.31. The molecule has 4 heteroatoms. The molecule has 0 unspecified atom stereocenters. The van der Waals surface area contributed by atoms with Gasteiger partial charge in [0, 0.05) is 18.3 Å². The highest BCUT2D eigenvalue weighted by molar-refractivity contribution is 5.95. The van der Waals surface area contributed by atoms with Crippen molar-refractivity contribution in [2.75, 3.05) is 5.73 Å². The van der Waals surface area contributed by atoms with E-state index in [9.17, 15) is 4.79 Å². The first-order valence-corrected chi connectivity index (χ1v) is 6.68. The third kappa shape index (κ3) is 3.02. The van der Waals surface area contributed by atoms with Gasteiger partial charge < -0.3 is 15.1 Å². The van der Waals surface area contributed by atoms with Gasteiger partial charge in [-0.2, -0.15) is 0 Å². The number of aryl methyl sites for hydroxylation is 1. The van der Waals surface area contributed by atoms with Gasteiger partial charge >= 0.3 is 0 Å². The van der Waals surface area contributed by atoms with E-state index in [1.807, 2.05) is 43.0 Å². The van der Waals surface area contributed by atoms with Crippen LogP contribution in [0.15, 0.2) is 41.0 Å². The average molecular weight is 272 g/mol. The molecular weight excluding hydrogens is 252 g/mol. The Labute approximate surface area is 119 Å². The average Bonchev–Trinajstić information content (AvgIpc) is 2.83. The van der Waals surface area contributed by atoms with E-state index in [4.69, 9.17) is 10.2 Å². The smallest absolute Gasteiger partial charge is 0.257 e. The number of benzene rings is 1. The summed E-state index contributed by atoms with van der Waals surface area (Å²) >= 11 is 0. The van der Waals surface area contributed by atoms with Crippen molar-refractivity contribution in [1.29, 1.82) is 0 Å². The summed E-state index contributed by atoms with van der Waals surface area (Å²) < 4.78 is 5.22. The number of hydrogen-bond donors (Lipinski definition) is 1. The summed E-state index contributed by atoms with van der Waals surface area (Å²) in [5.74, 6) is 0.640. The van der Waals surface area contributed by atoms with Gasteiger partial charge in [0.1, 0.15) is 5.76 Å². The van der Waals surface area contributed by atoms with Crippen molar-refractivity contribution in [1.82, 2.24) is 4.90 Å². The topological polar surface area (TPSA) is 59.5 Å². The van der Waals surface area contributed by atoms with E-state index < -0.39 is 0 Å². The molecule has 0 spiro atoms. The summed E-state index contributed by atoms with van der Waals surface area (Å²) in [4.78, 5) is 14.4. The lowest BCUT2D eigenvalue weighted by atomic mass is 10.1. The Hall–Kier alpha value is -2.23. The maximum absolute atomic E-state index is 12.6. The molecule has 1 amide bonds. The Bertz CT molecular complexity index is 585. The lowest BCUT2D eigenvalue weighted by molar-refractivity contribution is 0.0688. The number of rotatable bonds is 4. The van der Waals surface area contributed by atoms with Crippen molar-refractivity contribution in [2.24, 2.45) is 0 Å². The number of carbonyl (C=O) groups is 1. The highest BCUT2D eigenvalue weighted by Gasteiger charge is 2.21. The second-order valence-corrected chi connectivity index (χ2v) is 5.16. The maximum atomic E-state index is 12.6. The van der Waals surface area contributed by atoms with Crippen LogP contribution in [0.25, 0.3) is 0 Å². The molecule has 2 aromatic rings. The Balaban J connectivity index is 2.21. The second kappa shape index (κ2) is 5.82. The number of anilines is 1. The lowest BCUT2D eigenvalue weighted by Gasteiger charge is -2.26. The van der Waals surface area contributed by atoms with Crippen molar-refractivity contribution in [3.8, 4) is 0 Å². The first-order valence-electron chi connectivity index (χ1n) is 6.68. The molecule has 1 heterocycles. The minimum absolute atomic E-state index is 0.0110. The molecule has 0 fully saturated rings. The fraction of sp³-hybridized carbons (Fsp3) is 0.312. The van der Waals surface area contributed by atoms with Crippen LogP contribution in [0.2, 0.25) is 0 Å². The molecule has 0 aliphatic rings. The van der Waals surface area contributed by atoms with E-state index in [0.29, 0.717) is 17.9 Å². The third-order valence-corrected chi connectivity index (χ3v) is 3.31. The zero-order chi connectivity index (χ0) is 14.7. The van der Waals surface area contributed by atoms with E-state index in [1.165, 1.54) is 0 Å². The molecule has 2 N–H and O–H groups in total. The van der Waals surface area contributed by atoms with Crippen LogP contribution in [0, 0.1) is 6.92 Å². The predicted molar refractivity (Wildman–Crippen MR) is 79.3 cm³/mol. The molecule has 0 saturated heterocycles. The minimum Gasteiger partial charge on any atom is -0.469 e. The number of nitrogen functional groups attached to an aromatic ring is 1. The zero-order valence-electron chi connectivity index (χ0n) is 12.1. The molecule has 0 atom stereocenters. The normalized spacial score (nSPS) is 10.8. The second-order valence-electron chi connectivity index (χ2n) is 5.16. The molecule has 4 nitrogen and oxygen atoms in total. The van der Waals surface area contributed by atoms with E-state index in [2.05, 4.69) is 0 Å². The molecule has 0 bridgehead atoms. The maximum Gasteiger partial charge on any atom is 0.257 e. The predicted octanol–water partition coefficient (Wildman–Crippen LogP) is 3.22. The van der Waals surface area contributed by atoms with E-state index in [1.54, 1.807) is 19.3 Å². The Morgan fingerprint density at radius 1 is 1.25 bits per heavy atom. The Morgan fingerprint density at radius 2 is 1.90 bits per heavy atom. The van der Waals surface area contributed by atoms with Crippen LogP contribution in [0.3, 0.4) is 0 Å². The minimum atomic E-state index is -0.0110. The van der Waals surface area contributed by atoms with Gasteiger partial charge in [0.05, 0.1) is 11.8 Å². The summed E-state index contributed by atoms with van der Waals surface area (Å²) in [7, 11) is 0. The molecule has 20 heavy (non-hydrogen) atoms. The number of carbonyl (C=O) groups excluding carboxylic acids is 1.